The van der Waals surface area contributed by atoms with Gasteiger partial charge in [-0.3, -0.25) is 86.9 Å². The van der Waals surface area contributed by atoms with E-state index in [2.05, 4.69) is 63.5 Å². The molecule has 0 spiro atoms. The molecule has 3 aliphatic rings. The fourth-order valence-corrected chi connectivity index (χ4v) is 17.9. The number of carbonyl (C=O) groups excluding carboxylic acids is 17. The molecule has 0 bridgehead atoms. The first-order chi connectivity index (χ1) is 62.8. The summed E-state index contributed by atoms with van der Waals surface area (Å²) < 4.78 is 0.807. The summed E-state index contributed by atoms with van der Waals surface area (Å²) in [5.41, 5.74) is 18.8. The normalized spacial score (nSPS) is 25.1. The van der Waals surface area contributed by atoms with Crippen molar-refractivity contribution in [3.8, 4) is 5.75 Å². The highest BCUT2D eigenvalue weighted by atomic mass is 32.2. The van der Waals surface area contributed by atoms with Crippen LogP contribution in [0.1, 0.15) is 135 Å². The minimum Gasteiger partial charge on any atom is -0.508 e. The number of nitrogens with one attached hydrogen (secondary N) is 13. The van der Waals surface area contributed by atoms with Crippen LogP contribution in [0.4, 0.5) is 0 Å². The standard InChI is InChI=1S/C88H125N21O21S2/c1-9-11-23-66-80(123)97-57(22-17-31-93-88(91)92)76(119)104-65(75(118)95-40-72(90)115)45-131-46-73(116)96-60(34-49-27-29-52(112)30-28-49)83(126)105(6)48(5)74(117)99-62(38-71(89)114)85(128)108-32-18-25-67(108)81(124)103-64(43-111)79(122)100-59(33-47(3)4)86(129)109-41-53(113)37-69(109)82(125)98-58(35-50-39-94-56-21-15-13-19-54(50)56)77(120)102-63(42-110)78(121)101-61(36-51-44-132-70-26-16-14-20-55(51)70)84(127)107(8)68(24-12-10-2)87(130)106(66)7/h13-16,19-21,26-30,39,44,47-48,53,57-69,94,110-113H,9-12,17-18,22-25,31-38,40-43,45-46H2,1-8H3,(H2,89,114)(H2,90,115)(H,95,118)(H,96,116)(H,97,123)(H,98,125)(H,99,117)(H,100,122)(H,101,121)(H,102,120)(H,103,124)(H,104,119)(H4,91,92,93)/t48-,53+,57-,58-,59-,60-,61-,62-,63-,64-,65?,66-,67-,68-,69-/m0/s1. The SMILES string of the molecule is CCCC[C@H]1C(=O)N(C)[C@@H](CCCC)C(=O)N[C@@H](CCCNC(=N)N)C(=O)NC(C(=O)NCC(N)=O)CSCC(=O)N[C@@H](Cc2ccc(O)cc2)C(=O)N(C)[C@@H](C)C(=O)N[C@@H](CC(N)=O)C(=O)N2CCC[C@H]2C(=O)N[C@@H](CO)C(=O)N[C@@H](CC(C)C)C(=O)N2C[C@H](O)C[C@H]2C(=O)N[C@@H](Cc2c[nH]c3ccccc23)C(=O)N[C@@H](CO)C(=O)N[C@@H](Cc2csc3ccccc23)C(=O)N1C. The van der Waals surface area contributed by atoms with Crippen LogP contribution in [-0.2, 0) is 101 Å². The van der Waals surface area contributed by atoms with Crippen LogP contribution >= 0.6 is 23.1 Å². The van der Waals surface area contributed by atoms with Gasteiger partial charge in [-0.25, -0.2) is 0 Å². The smallest absolute Gasteiger partial charge is 0.246 e. The lowest BCUT2D eigenvalue weighted by Crippen LogP contribution is -2.62. The maximum absolute atomic E-state index is 15.7. The van der Waals surface area contributed by atoms with E-state index in [1.807, 2.05) is 32.0 Å². The summed E-state index contributed by atoms with van der Waals surface area (Å²) in [6.45, 7) is 4.77. The Morgan fingerprint density at radius 1 is 0.553 bits per heavy atom. The van der Waals surface area contributed by atoms with E-state index in [9.17, 15) is 68.4 Å². The van der Waals surface area contributed by atoms with Gasteiger partial charge in [-0.1, -0.05) is 102 Å². The summed E-state index contributed by atoms with van der Waals surface area (Å²) in [4.78, 5) is 257. The summed E-state index contributed by atoms with van der Waals surface area (Å²) >= 11 is 2.10. The van der Waals surface area contributed by atoms with Crippen molar-refractivity contribution >= 4 is 150 Å². The largest absolute Gasteiger partial charge is 0.508 e. The van der Waals surface area contributed by atoms with Gasteiger partial charge in [-0.05, 0) is 110 Å². The van der Waals surface area contributed by atoms with Gasteiger partial charge in [0.25, 0.3) is 0 Å². The van der Waals surface area contributed by atoms with Crippen molar-refractivity contribution in [3.05, 3.63) is 101 Å². The molecule has 3 saturated heterocycles. The second-order valence-electron chi connectivity index (χ2n) is 33.8. The molecule has 0 saturated carbocycles. The summed E-state index contributed by atoms with van der Waals surface area (Å²) in [5, 5.41) is 83.0. The molecule has 3 aliphatic heterocycles. The van der Waals surface area contributed by atoms with Crippen LogP contribution in [0.2, 0.25) is 0 Å². The number of aliphatic hydroxyl groups is 3. The molecule has 1 unspecified atom stereocenters. The number of aromatic nitrogens is 1. The maximum Gasteiger partial charge on any atom is 0.246 e. The molecule has 42 nitrogen and oxygen atoms in total. The number of unbranched alkanes of at least 4 members (excludes halogenated alkanes) is 2. The van der Waals surface area contributed by atoms with Gasteiger partial charge in [0.1, 0.15) is 90.3 Å². The van der Waals surface area contributed by atoms with E-state index in [0.717, 1.165) is 41.0 Å². The molecule has 720 valence electrons. The summed E-state index contributed by atoms with van der Waals surface area (Å²) in [6, 6.07) is -2.54. The number of para-hydroxylation sites is 1. The van der Waals surface area contributed by atoms with Crippen LogP contribution in [0.5, 0.6) is 5.75 Å². The topological polar surface area (TPSA) is 637 Å². The lowest BCUT2D eigenvalue weighted by atomic mass is 10.00. The zero-order valence-corrected chi connectivity index (χ0v) is 76.9. The monoisotopic (exact) mass is 1880 g/mol. The number of amides is 17. The van der Waals surface area contributed by atoms with Gasteiger partial charge in [-0.15, -0.1) is 23.1 Å². The maximum atomic E-state index is 15.7. The minimum absolute atomic E-state index is 0.00756. The molecule has 8 rings (SSSR count). The second kappa shape index (κ2) is 50.2. The molecule has 3 fully saturated rings. The van der Waals surface area contributed by atoms with Gasteiger partial charge >= 0.3 is 0 Å². The predicted molar refractivity (Wildman–Crippen MR) is 488 cm³/mol. The van der Waals surface area contributed by atoms with Crippen molar-refractivity contribution < 1.29 is 102 Å². The van der Waals surface area contributed by atoms with Crippen LogP contribution in [0.25, 0.3) is 21.0 Å². The van der Waals surface area contributed by atoms with Gasteiger partial charge in [0.15, 0.2) is 5.96 Å². The fourth-order valence-electron chi connectivity index (χ4n) is 16.0. The van der Waals surface area contributed by atoms with Gasteiger partial charge in [0, 0.05) is 94.0 Å². The number of phenolic OH excluding ortho intramolecular Hbond substituents is 1. The number of rotatable bonds is 25. The highest BCUT2D eigenvalue weighted by molar-refractivity contribution is 8.00. The number of carbonyl (C=O) groups is 17. The van der Waals surface area contributed by atoms with Gasteiger partial charge in [-0.2, -0.15) is 0 Å². The van der Waals surface area contributed by atoms with Crippen molar-refractivity contribution in [1.82, 2.24) is 88.0 Å². The molecule has 3 aromatic carbocycles. The number of nitrogens with zero attached hydrogens (tertiary/aromatic N) is 5. The molecule has 2 aromatic heterocycles. The number of fused-ring (bicyclic) bond motifs is 4. The van der Waals surface area contributed by atoms with Gasteiger partial charge in [0.2, 0.25) is 100 Å². The molecule has 5 aromatic rings. The number of aliphatic hydroxyl groups excluding tert-OH is 3. The Bertz CT molecular complexity index is 4960. The summed E-state index contributed by atoms with van der Waals surface area (Å²) in [5.74, 6) is -18.5. The Hall–Kier alpha value is -12.6. The van der Waals surface area contributed by atoms with E-state index in [1.165, 1.54) is 63.7 Å². The van der Waals surface area contributed by atoms with Crippen molar-refractivity contribution in [2.75, 3.05) is 72.0 Å². The average molecular weight is 1880 g/mol. The second-order valence-corrected chi connectivity index (χ2v) is 35.7. The van der Waals surface area contributed by atoms with Crippen LogP contribution < -0.4 is 75.7 Å². The third kappa shape index (κ3) is 29.2. The molecule has 44 heteroatoms. The fraction of sp³-hybridized carbons (Fsp3) is 0.545. The third-order valence-corrected chi connectivity index (χ3v) is 25.5. The summed E-state index contributed by atoms with van der Waals surface area (Å²) in [6.07, 6.45) is -0.486. The van der Waals surface area contributed by atoms with Crippen molar-refractivity contribution in [2.45, 2.75) is 228 Å². The number of likely N-dealkylation sites (N-methyl/N-ethyl adjacent to an activating group) is 3. The Labute approximate surface area is 771 Å². The lowest BCUT2D eigenvalue weighted by Gasteiger charge is -2.36. The number of thiophene rings is 1. The number of benzene rings is 3. The van der Waals surface area contributed by atoms with Crippen molar-refractivity contribution in [2.24, 2.45) is 23.1 Å². The number of guanidine groups is 1. The van der Waals surface area contributed by atoms with E-state index in [1.54, 1.807) is 55.8 Å². The van der Waals surface area contributed by atoms with Crippen LogP contribution in [0.3, 0.4) is 0 Å². The van der Waals surface area contributed by atoms with E-state index >= 15 is 33.6 Å². The van der Waals surface area contributed by atoms with Gasteiger partial charge < -0.3 is 126 Å². The minimum atomic E-state index is -1.89. The Balaban J connectivity index is 1.19. The molecule has 23 N–H and O–H groups in total. The van der Waals surface area contributed by atoms with Gasteiger partial charge in [0.05, 0.1) is 38.0 Å². The number of hydrogen-bond donors (Lipinski definition) is 20. The average Bonchev–Trinajstić information content (AvgIpc) is 1.60. The van der Waals surface area contributed by atoms with Crippen LogP contribution in [0.15, 0.2) is 84.4 Å². The molecule has 5 heterocycles. The Morgan fingerprint density at radius 2 is 1.11 bits per heavy atom. The number of thioether (sulfide) groups is 1. The van der Waals surface area contributed by atoms with E-state index in [0.29, 0.717) is 58.7 Å². The highest BCUT2D eigenvalue weighted by Crippen LogP contribution is 2.30. The number of aromatic amines is 1. The van der Waals surface area contributed by atoms with E-state index in [4.69, 9.17) is 22.6 Å². The molecule has 0 radical (unpaired) electrons. The van der Waals surface area contributed by atoms with Crippen LogP contribution in [0, 0.1) is 11.3 Å². The third-order valence-electron chi connectivity index (χ3n) is 23.4. The first-order valence-corrected chi connectivity index (χ1v) is 46.1. The number of H-pyrrole nitrogens is 1. The zero-order valence-electron chi connectivity index (χ0n) is 75.3. The Morgan fingerprint density at radius 3 is 1.75 bits per heavy atom. The molecule has 132 heavy (non-hydrogen) atoms. The van der Waals surface area contributed by atoms with Crippen molar-refractivity contribution in [3.63, 3.8) is 0 Å². The number of aromatic hydroxyl groups is 1. The number of hydrogen-bond acceptors (Lipinski definition) is 24. The zero-order chi connectivity index (χ0) is 96.9. The first kappa shape index (κ1) is 105. The number of nitrogens with two attached hydrogens (primary N) is 3. The molecular weight excluding hydrogens is 1750 g/mol. The molecule has 17 amide bonds. The lowest BCUT2D eigenvalue weighted by molar-refractivity contribution is -0.149. The van der Waals surface area contributed by atoms with E-state index < -0.39 is 248 Å². The predicted octanol–water partition coefficient (Wildman–Crippen LogP) is -3.17. The molecular formula is C88H125N21O21S2. The number of primary amides is 2. The van der Waals surface area contributed by atoms with Crippen molar-refractivity contribution in [1.29, 1.82) is 5.41 Å². The van der Waals surface area contributed by atoms with Crippen LogP contribution in [-0.4, -0.2) is 319 Å². The molecule has 0 aliphatic carbocycles. The first-order valence-electron chi connectivity index (χ1n) is 44.1. The quantitative estimate of drug-likeness (QED) is 0.0156. The summed E-state index contributed by atoms with van der Waals surface area (Å²) in [7, 11) is 3.89. The van der Waals surface area contributed by atoms with E-state index in [-0.39, 0.29) is 89.0 Å². The number of phenols is 1. The Kier molecular flexibility index (Phi) is 39.8. The highest BCUT2D eigenvalue weighted by Gasteiger charge is 2.47. The molecule has 15 atom stereocenters.